The first kappa shape index (κ1) is 14.3. The van der Waals surface area contributed by atoms with Crippen LogP contribution in [0.5, 0.6) is 0 Å². The van der Waals surface area contributed by atoms with Gasteiger partial charge in [0.2, 0.25) is 0 Å². The van der Waals surface area contributed by atoms with Crippen LogP contribution in [0, 0.1) is 0 Å². The third-order valence-corrected chi connectivity index (χ3v) is 3.02. The van der Waals surface area contributed by atoms with Crippen LogP contribution in [0.2, 0.25) is 10.0 Å². The summed E-state index contributed by atoms with van der Waals surface area (Å²) in [4.78, 5) is 0. The molecule has 0 saturated heterocycles. The molecule has 0 aliphatic carbocycles. The Kier molecular flexibility index (Phi) is 5.15. The molecule has 1 heterocycles. The van der Waals surface area contributed by atoms with Crippen LogP contribution >= 0.6 is 23.2 Å². The van der Waals surface area contributed by atoms with Crippen molar-refractivity contribution in [2.45, 2.75) is 6.54 Å². The number of hydrogen-bond donors (Lipinski definition) is 1. The molecule has 0 atom stereocenters. The van der Waals surface area contributed by atoms with Gasteiger partial charge in [0, 0.05) is 25.2 Å². The van der Waals surface area contributed by atoms with Gasteiger partial charge in [-0.2, -0.15) is 0 Å². The molecule has 0 aliphatic heterocycles. The summed E-state index contributed by atoms with van der Waals surface area (Å²) >= 11 is 12.0. The molecule has 0 unspecified atom stereocenters. The van der Waals surface area contributed by atoms with Crippen LogP contribution in [-0.4, -0.2) is 35.3 Å². The summed E-state index contributed by atoms with van der Waals surface area (Å²) in [6.07, 6.45) is 1.83. The standard InChI is InChI=1S/C12H14Cl2N4O/c1-19-5-4-15-7-10-8-18(17-16-10)12-3-2-9(13)6-11(12)14/h2-3,6,8,15H,4-5,7H2,1H3. The van der Waals surface area contributed by atoms with Crippen molar-refractivity contribution in [2.75, 3.05) is 20.3 Å². The fourth-order valence-electron chi connectivity index (χ4n) is 1.55. The molecular formula is C12H14Cl2N4O. The van der Waals surface area contributed by atoms with E-state index in [4.69, 9.17) is 27.9 Å². The van der Waals surface area contributed by atoms with E-state index in [2.05, 4.69) is 15.6 Å². The highest BCUT2D eigenvalue weighted by atomic mass is 35.5. The first-order chi connectivity index (χ1) is 9.20. The Hall–Kier alpha value is -1.14. The number of halogens is 2. The highest BCUT2D eigenvalue weighted by molar-refractivity contribution is 6.35. The van der Waals surface area contributed by atoms with E-state index in [0.717, 1.165) is 17.9 Å². The van der Waals surface area contributed by atoms with E-state index in [-0.39, 0.29) is 0 Å². The van der Waals surface area contributed by atoms with Gasteiger partial charge in [0.15, 0.2) is 0 Å². The van der Waals surface area contributed by atoms with Gasteiger partial charge in [-0.05, 0) is 18.2 Å². The van der Waals surface area contributed by atoms with Crippen LogP contribution in [0.15, 0.2) is 24.4 Å². The Morgan fingerprint density at radius 1 is 1.37 bits per heavy atom. The number of hydrogen-bond acceptors (Lipinski definition) is 4. The van der Waals surface area contributed by atoms with Crippen molar-refractivity contribution in [1.82, 2.24) is 20.3 Å². The lowest BCUT2D eigenvalue weighted by molar-refractivity contribution is 0.199. The second-order valence-electron chi connectivity index (χ2n) is 3.92. The molecule has 0 radical (unpaired) electrons. The SMILES string of the molecule is COCCNCc1cn(-c2ccc(Cl)cc2Cl)nn1. The zero-order valence-electron chi connectivity index (χ0n) is 10.4. The molecule has 5 nitrogen and oxygen atoms in total. The predicted octanol–water partition coefficient (Wildman–Crippen LogP) is 2.31. The van der Waals surface area contributed by atoms with E-state index < -0.39 is 0 Å². The highest BCUT2D eigenvalue weighted by Gasteiger charge is 2.06. The molecule has 7 heteroatoms. The van der Waals surface area contributed by atoms with Crippen molar-refractivity contribution in [3.63, 3.8) is 0 Å². The second-order valence-corrected chi connectivity index (χ2v) is 4.76. The maximum atomic E-state index is 6.11. The minimum absolute atomic E-state index is 0.538. The number of rotatable bonds is 6. The first-order valence-corrected chi connectivity index (χ1v) is 6.52. The zero-order chi connectivity index (χ0) is 13.7. The molecule has 1 aromatic heterocycles. The smallest absolute Gasteiger partial charge is 0.0969 e. The van der Waals surface area contributed by atoms with Crippen LogP contribution in [0.25, 0.3) is 5.69 Å². The van der Waals surface area contributed by atoms with Crippen molar-refractivity contribution < 1.29 is 4.74 Å². The second kappa shape index (κ2) is 6.86. The minimum Gasteiger partial charge on any atom is -0.383 e. The third-order valence-electron chi connectivity index (χ3n) is 2.49. The summed E-state index contributed by atoms with van der Waals surface area (Å²) in [5, 5.41) is 12.4. The van der Waals surface area contributed by atoms with Gasteiger partial charge in [-0.25, -0.2) is 4.68 Å². The van der Waals surface area contributed by atoms with Gasteiger partial charge in [0.1, 0.15) is 0 Å². The zero-order valence-corrected chi connectivity index (χ0v) is 11.9. The number of aromatic nitrogens is 3. The lowest BCUT2D eigenvalue weighted by atomic mass is 10.3. The first-order valence-electron chi connectivity index (χ1n) is 5.77. The van der Waals surface area contributed by atoms with Crippen LogP contribution in [0.4, 0.5) is 0 Å². The molecule has 2 rings (SSSR count). The fourth-order valence-corrected chi connectivity index (χ4v) is 2.05. The minimum atomic E-state index is 0.538. The Balaban J connectivity index is 2.04. The average molecular weight is 301 g/mol. The Morgan fingerprint density at radius 3 is 2.95 bits per heavy atom. The Bertz CT molecular complexity index is 544. The van der Waals surface area contributed by atoms with Gasteiger partial charge >= 0.3 is 0 Å². The number of methoxy groups -OCH3 is 1. The molecule has 0 aliphatic rings. The van der Waals surface area contributed by atoms with E-state index in [9.17, 15) is 0 Å². The van der Waals surface area contributed by atoms with Crippen molar-refractivity contribution in [3.8, 4) is 5.69 Å². The third kappa shape index (κ3) is 3.91. The summed E-state index contributed by atoms with van der Waals surface area (Å²) in [7, 11) is 1.67. The highest BCUT2D eigenvalue weighted by Crippen LogP contribution is 2.23. The largest absolute Gasteiger partial charge is 0.383 e. The molecule has 0 saturated carbocycles. The predicted molar refractivity (Wildman–Crippen MR) is 75.0 cm³/mol. The van der Waals surface area contributed by atoms with E-state index in [1.807, 2.05) is 12.3 Å². The van der Waals surface area contributed by atoms with Gasteiger partial charge in [-0.3, -0.25) is 0 Å². The van der Waals surface area contributed by atoms with E-state index in [1.54, 1.807) is 23.9 Å². The van der Waals surface area contributed by atoms with Crippen molar-refractivity contribution in [3.05, 3.63) is 40.1 Å². The van der Waals surface area contributed by atoms with E-state index >= 15 is 0 Å². The van der Waals surface area contributed by atoms with Crippen molar-refractivity contribution in [1.29, 1.82) is 0 Å². The lowest BCUT2D eigenvalue weighted by Crippen LogP contribution is -2.18. The number of ether oxygens (including phenoxy) is 1. The molecule has 102 valence electrons. The molecular weight excluding hydrogens is 287 g/mol. The molecule has 1 aromatic carbocycles. The summed E-state index contributed by atoms with van der Waals surface area (Å²) in [5.41, 5.74) is 1.59. The summed E-state index contributed by atoms with van der Waals surface area (Å²) in [6.45, 7) is 2.07. The summed E-state index contributed by atoms with van der Waals surface area (Å²) in [5.74, 6) is 0. The number of nitrogens with zero attached hydrogens (tertiary/aromatic N) is 3. The van der Waals surface area contributed by atoms with Gasteiger partial charge < -0.3 is 10.1 Å². The van der Waals surface area contributed by atoms with Gasteiger partial charge in [0.05, 0.1) is 29.2 Å². The van der Waals surface area contributed by atoms with Gasteiger partial charge in [0.25, 0.3) is 0 Å². The van der Waals surface area contributed by atoms with Gasteiger partial charge in [-0.1, -0.05) is 28.4 Å². The molecule has 1 N–H and O–H groups in total. The molecule has 0 spiro atoms. The quantitative estimate of drug-likeness (QED) is 0.832. The molecule has 0 bridgehead atoms. The molecule has 2 aromatic rings. The van der Waals surface area contributed by atoms with E-state index in [1.165, 1.54) is 0 Å². The average Bonchev–Trinajstić information content (AvgIpc) is 2.83. The van der Waals surface area contributed by atoms with Crippen molar-refractivity contribution >= 4 is 23.2 Å². The van der Waals surface area contributed by atoms with Crippen LogP contribution < -0.4 is 5.32 Å². The lowest BCUT2D eigenvalue weighted by Gasteiger charge is -2.03. The molecule has 0 fully saturated rings. The van der Waals surface area contributed by atoms with Crippen LogP contribution in [0.3, 0.4) is 0 Å². The fraction of sp³-hybridized carbons (Fsp3) is 0.333. The maximum absolute atomic E-state index is 6.11. The van der Waals surface area contributed by atoms with E-state index in [0.29, 0.717) is 23.2 Å². The van der Waals surface area contributed by atoms with Crippen molar-refractivity contribution in [2.24, 2.45) is 0 Å². The maximum Gasteiger partial charge on any atom is 0.0969 e. The summed E-state index contributed by atoms with van der Waals surface area (Å²) in [6, 6.07) is 5.25. The Morgan fingerprint density at radius 2 is 2.21 bits per heavy atom. The van der Waals surface area contributed by atoms with Crippen LogP contribution in [0.1, 0.15) is 5.69 Å². The Labute approximate surface area is 121 Å². The number of benzene rings is 1. The topological polar surface area (TPSA) is 52.0 Å². The normalized spacial score (nSPS) is 10.9. The monoisotopic (exact) mass is 300 g/mol. The molecule has 0 amide bonds. The van der Waals surface area contributed by atoms with Crippen LogP contribution in [-0.2, 0) is 11.3 Å². The number of nitrogens with one attached hydrogen (secondary N) is 1. The van der Waals surface area contributed by atoms with Gasteiger partial charge in [-0.15, -0.1) is 5.10 Å². The molecule has 19 heavy (non-hydrogen) atoms. The summed E-state index contributed by atoms with van der Waals surface area (Å²) < 4.78 is 6.58.